The first-order valence-electron chi connectivity index (χ1n) is 9.10. The Kier molecular flexibility index (Phi) is 6.15. The second-order valence-electron chi connectivity index (χ2n) is 6.86. The van der Waals surface area contributed by atoms with Gasteiger partial charge in [0.05, 0.1) is 22.0 Å². The summed E-state index contributed by atoms with van der Waals surface area (Å²) in [5.74, 6) is -0.0758. The maximum absolute atomic E-state index is 12.9. The van der Waals surface area contributed by atoms with E-state index < -0.39 is 0 Å². The molecule has 0 radical (unpaired) electrons. The predicted molar refractivity (Wildman–Crippen MR) is 116 cm³/mol. The van der Waals surface area contributed by atoms with Crippen molar-refractivity contribution in [3.8, 4) is 0 Å². The number of hydrogen-bond donors (Lipinski definition) is 2. The van der Waals surface area contributed by atoms with Gasteiger partial charge in [0.25, 0.3) is 5.56 Å². The number of aryl methyl sites for hydroxylation is 2. The Hall–Kier alpha value is -2.25. The van der Waals surface area contributed by atoms with E-state index in [2.05, 4.69) is 15.3 Å². The molecule has 1 unspecified atom stereocenters. The first-order chi connectivity index (χ1) is 13.3. The first kappa shape index (κ1) is 20.5. The van der Waals surface area contributed by atoms with Crippen LogP contribution in [-0.2, 0) is 4.79 Å². The number of halogens is 1. The van der Waals surface area contributed by atoms with Crippen molar-refractivity contribution >= 4 is 46.0 Å². The number of amides is 1. The third-order valence-corrected chi connectivity index (χ3v) is 5.81. The minimum atomic E-state index is -0.203. The number of rotatable bonds is 6. The van der Waals surface area contributed by atoms with Crippen LogP contribution in [0.3, 0.4) is 0 Å². The highest BCUT2D eigenvalue weighted by atomic mass is 35.5. The van der Waals surface area contributed by atoms with Gasteiger partial charge in [-0.15, -0.1) is 0 Å². The Morgan fingerprint density at radius 1 is 1.36 bits per heavy atom. The lowest BCUT2D eigenvalue weighted by Gasteiger charge is -2.17. The van der Waals surface area contributed by atoms with Crippen molar-refractivity contribution in [3.05, 3.63) is 50.9 Å². The zero-order valence-corrected chi connectivity index (χ0v) is 17.9. The van der Waals surface area contributed by atoms with Crippen molar-refractivity contribution in [1.29, 1.82) is 0 Å². The summed E-state index contributed by atoms with van der Waals surface area (Å²) in [5.41, 5.74) is 3.47. The van der Waals surface area contributed by atoms with Gasteiger partial charge in [0, 0.05) is 11.7 Å². The monoisotopic (exact) mass is 418 g/mol. The maximum Gasteiger partial charge on any atom is 0.278 e. The lowest BCUT2D eigenvalue weighted by atomic mass is 10.2. The molecular formula is C20H23ClN4O2S. The third kappa shape index (κ3) is 4.25. The van der Waals surface area contributed by atoms with Crippen LogP contribution in [0.25, 0.3) is 11.0 Å². The Morgan fingerprint density at radius 3 is 2.79 bits per heavy atom. The summed E-state index contributed by atoms with van der Waals surface area (Å²) in [6, 6.07) is 7.29. The number of carbonyl (C=O) groups excluding carboxylic acids is 1. The van der Waals surface area contributed by atoms with Crippen molar-refractivity contribution < 1.29 is 4.79 Å². The topological polar surface area (TPSA) is 79.8 Å². The number of fused-ring (bicyclic) bond motifs is 1. The van der Waals surface area contributed by atoms with Crippen LogP contribution in [0.2, 0.25) is 5.02 Å². The van der Waals surface area contributed by atoms with Gasteiger partial charge in [-0.05, 0) is 51.0 Å². The molecule has 0 fully saturated rings. The quantitative estimate of drug-likeness (QED) is 0.449. The van der Waals surface area contributed by atoms with E-state index in [1.165, 1.54) is 11.8 Å². The van der Waals surface area contributed by atoms with Gasteiger partial charge in [0.1, 0.15) is 5.52 Å². The molecule has 0 saturated heterocycles. The van der Waals surface area contributed by atoms with E-state index in [1.54, 1.807) is 16.7 Å². The number of nitrogens with zero attached hydrogens (tertiary/aromatic N) is 2. The Labute approximate surface area is 172 Å². The molecule has 0 spiro atoms. The normalized spacial score (nSPS) is 12.3. The summed E-state index contributed by atoms with van der Waals surface area (Å²) in [6.07, 6.45) is 0.783. The molecule has 0 aliphatic rings. The third-order valence-electron chi connectivity index (χ3n) is 4.55. The SMILES string of the molecule is CCC(C)n1c(SCC(=O)Nc2ccc(C)cc2Cl)nc2cc(C)[nH]c2c1=O. The van der Waals surface area contributed by atoms with Gasteiger partial charge in [-0.25, -0.2) is 4.98 Å². The van der Waals surface area contributed by atoms with Crippen LogP contribution in [0.4, 0.5) is 5.69 Å². The van der Waals surface area contributed by atoms with Gasteiger partial charge in [0.15, 0.2) is 5.16 Å². The number of carbonyl (C=O) groups is 1. The Balaban J connectivity index is 1.84. The number of benzene rings is 1. The molecule has 0 saturated carbocycles. The number of nitrogens with one attached hydrogen (secondary N) is 2. The summed E-state index contributed by atoms with van der Waals surface area (Å²) in [4.78, 5) is 33.1. The number of aromatic amines is 1. The molecule has 3 rings (SSSR count). The lowest BCUT2D eigenvalue weighted by Crippen LogP contribution is -2.26. The first-order valence-corrected chi connectivity index (χ1v) is 10.5. The highest BCUT2D eigenvalue weighted by Gasteiger charge is 2.18. The average molecular weight is 419 g/mol. The van der Waals surface area contributed by atoms with E-state index in [1.807, 2.05) is 39.8 Å². The van der Waals surface area contributed by atoms with Gasteiger partial charge in [-0.2, -0.15) is 0 Å². The summed E-state index contributed by atoms with van der Waals surface area (Å²) in [6.45, 7) is 7.81. The van der Waals surface area contributed by atoms with Crippen molar-refractivity contribution in [2.45, 2.75) is 45.3 Å². The van der Waals surface area contributed by atoms with Crippen LogP contribution in [0.15, 0.2) is 34.2 Å². The smallest absolute Gasteiger partial charge is 0.278 e. The fraction of sp³-hybridized carbons (Fsp3) is 0.350. The molecule has 0 aliphatic carbocycles. The molecular weight excluding hydrogens is 396 g/mol. The highest BCUT2D eigenvalue weighted by molar-refractivity contribution is 7.99. The van der Waals surface area contributed by atoms with Gasteiger partial charge in [0.2, 0.25) is 5.91 Å². The largest absolute Gasteiger partial charge is 0.353 e. The maximum atomic E-state index is 12.9. The van der Waals surface area contributed by atoms with Gasteiger partial charge >= 0.3 is 0 Å². The van der Waals surface area contributed by atoms with E-state index in [-0.39, 0.29) is 23.3 Å². The second kappa shape index (κ2) is 8.41. The zero-order valence-electron chi connectivity index (χ0n) is 16.3. The molecule has 148 valence electrons. The molecule has 2 heterocycles. The van der Waals surface area contributed by atoms with E-state index in [4.69, 9.17) is 11.6 Å². The standard InChI is InChI=1S/C20H23ClN4O2S/c1-5-13(4)25-19(27)18-16(9-12(3)22-18)24-20(25)28-10-17(26)23-15-7-6-11(2)8-14(15)21/h6-9,13,22H,5,10H2,1-4H3,(H,23,26). The lowest BCUT2D eigenvalue weighted by molar-refractivity contribution is -0.113. The van der Waals surface area contributed by atoms with Crippen LogP contribution in [0, 0.1) is 13.8 Å². The minimum absolute atomic E-state index is 0.0230. The van der Waals surface area contributed by atoms with Crippen LogP contribution >= 0.6 is 23.4 Å². The van der Waals surface area contributed by atoms with Crippen molar-refractivity contribution in [2.24, 2.45) is 0 Å². The fourth-order valence-corrected chi connectivity index (χ4v) is 4.08. The summed E-state index contributed by atoms with van der Waals surface area (Å²) < 4.78 is 1.66. The molecule has 0 bridgehead atoms. The van der Waals surface area contributed by atoms with E-state index in [0.717, 1.165) is 17.7 Å². The molecule has 1 atom stereocenters. The van der Waals surface area contributed by atoms with E-state index >= 15 is 0 Å². The van der Waals surface area contributed by atoms with Crippen LogP contribution < -0.4 is 10.9 Å². The molecule has 2 aromatic heterocycles. The molecule has 6 nitrogen and oxygen atoms in total. The number of aromatic nitrogens is 3. The van der Waals surface area contributed by atoms with Gasteiger partial charge in [-0.3, -0.25) is 14.2 Å². The van der Waals surface area contributed by atoms with Crippen LogP contribution in [-0.4, -0.2) is 26.2 Å². The van der Waals surface area contributed by atoms with Crippen molar-refractivity contribution in [2.75, 3.05) is 11.1 Å². The Morgan fingerprint density at radius 2 is 2.11 bits per heavy atom. The van der Waals surface area contributed by atoms with Gasteiger partial charge in [-0.1, -0.05) is 36.4 Å². The fourth-order valence-electron chi connectivity index (χ4n) is 2.90. The van der Waals surface area contributed by atoms with Gasteiger partial charge < -0.3 is 10.3 Å². The molecule has 28 heavy (non-hydrogen) atoms. The number of thioether (sulfide) groups is 1. The molecule has 0 aliphatic heterocycles. The molecule has 3 aromatic rings. The highest BCUT2D eigenvalue weighted by Crippen LogP contribution is 2.25. The zero-order chi connectivity index (χ0) is 20.4. The number of anilines is 1. The summed E-state index contributed by atoms with van der Waals surface area (Å²) in [5, 5.41) is 3.85. The average Bonchev–Trinajstić information content (AvgIpc) is 3.02. The summed E-state index contributed by atoms with van der Waals surface area (Å²) in [7, 11) is 0. The molecule has 1 amide bonds. The predicted octanol–water partition coefficient (Wildman–Crippen LogP) is 4.70. The minimum Gasteiger partial charge on any atom is -0.353 e. The summed E-state index contributed by atoms with van der Waals surface area (Å²) >= 11 is 7.43. The molecule has 1 aromatic carbocycles. The second-order valence-corrected chi connectivity index (χ2v) is 8.21. The van der Waals surface area contributed by atoms with Crippen molar-refractivity contribution in [1.82, 2.24) is 14.5 Å². The molecule has 8 heteroatoms. The van der Waals surface area contributed by atoms with Crippen LogP contribution in [0.5, 0.6) is 0 Å². The van der Waals surface area contributed by atoms with E-state index in [9.17, 15) is 9.59 Å². The number of H-pyrrole nitrogens is 1. The van der Waals surface area contributed by atoms with Crippen molar-refractivity contribution in [3.63, 3.8) is 0 Å². The van der Waals surface area contributed by atoms with E-state index in [0.29, 0.717) is 26.9 Å². The Bertz CT molecular complexity index is 1090. The van der Waals surface area contributed by atoms with Crippen LogP contribution in [0.1, 0.15) is 37.6 Å². The number of hydrogen-bond acceptors (Lipinski definition) is 4. The molecule has 2 N–H and O–H groups in total.